The second-order valence-electron chi connectivity index (χ2n) is 6.54. The molecule has 1 amide bonds. The number of carbonyl (C=O) groups excluding carboxylic acids is 1. The minimum Gasteiger partial charge on any atom is -0.480 e. The molecule has 0 aliphatic rings. The van der Waals surface area contributed by atoms with Gasteiger partial charge in [-0.15, -0.1) is 0 Å². The lowest BCUT2D eigenvalue weighted by atomic mass is 9.96. The second kappa shape index (κ2) is 7.43. The molecular formula is C17H21N3O5. The molecule has 0 radical (unpaired) electrons. The number of methoxy groups -OCH3 is 1. The number of aromatic nitrogens is 2. The van der Waals surface area contributed by atoms with Crippen molar-refractivity contribution in [1.82, 2.24) is 15.5 Å². The molecule has 0 saturated carbocycles. The summed E-state index contributed by atoms with van der Waals surface area (Å²) in [7, 11) is 1.36. The van der Waals surface area contributed by atoms with Gasteiger partial charge >= 0.3 is 5.97 Å². The third kappa shape index (κ3) is 4.42. The van der Waals surface area contributed by atoms with Crippen LogP contribution >= 0.6 is 0 Å². The number of carboxylic acids is 1. The fourth-order valence-electron chi connectivity index (χ4n) is 2.08. The summed E-state index contributed by atoms with van der Waals surface area (Å²) in [5.74, 6) is -1.02. The number of carboxylic acid groups (broad SMARTS) is 1. The van der Waals surface area contributed by atoms with E-state index in [0.717, 1.165) is 0 Å². The van der Waals surface area contributed by atoms with Crippen LogP contribution in [0.3, 0.4) is 0 Å². The second-order valence-corrected chi connectivity index (χ2v) is 6.54. The highest BCUT2D eigenvalue weighted by Crippen LogP contribution is 2.26. The summed E-state index contributed by atoms with van der Waals surface area (Å²) < 4.78 is 10.1. The van der Waals surface area contributed by atoms with Gasteiger partial charge in [0.15, 0.2) is 11.9 Å². The van der Waals surface area contributed by atoms with Crippen LogP contribution in [0.2, 0.25) is 0 Å². The van der Waals surface area contributed by atoms with Crippen LogP contribution in [0, 0.1) is 0 Å². The molecule has 0 aliphatic carbocycles. The van der Waals surface area contributed by atoms with Crippen LogP contribution < -0.4 is 5.32 Å². The van der Waals surface area contributed by atoms with E-state index in [1.54, 1.807) is 24.3 Å². The number of carbonyl (C=O) groups is 2. The zero-order valence-corrected chi connectivity index (χ0v) is 14.6. The Bertz CT molecular complexity index is 764. The Balaban J connectivity index is 2.33. The van der Waals surface area contributed by atoms with Crippen LogP contribution in [0.25, 0.3) is 11.5 Å². The molecule has 0 saturated heterocycles. The fraction of sp³-hybridized carbons (Fsp3) is 0.412. The number of nitrogens with zero attached hydrogens (tertiary/aromatic N) is 2. The van der Waals surface area contributed by atoms with Crippen molar-refractivity contribution >= 4 is 11.9 Å². The molecule has 134 valence electrons. The molecule has 25 heavy (non-hydrogen) atoms. The maximum Gasteiger partial charge on any atom is 0.328 e. The van der Waals surface area contributed by atoms with E-state index in [4.69, 9.17) is 14.4 Å². The Morgan fingerprint density at radius 2 is 2.00 bits per heavy atom. The topological polar surface area (TPSA) is 115 Å². The number of hydrogen-bond acceptors (Lipinski definition) is 6. The lowest BCUT2D eigenvalue weighted by Crippen LogP contribution is -2.43. The summed E-state index contributed by atoms with van der Waals surface area (Å²) in [5.41, 5.74) is 0.379. The van der Waals surface area contributed by atoms with Crippen LogP contribution in [0.5, 0.6) is 0 Å². The van der Waals surface area contributed by atoms with Gasteiger partial charge in [0, 0.05) is 12.5 Å². The van der Waals surface area contributed by atoms with Gasteiger partial charge in [0.05, 0.1) is 17.7 Å². The van der Waals surface area contributed by atoms with Gasteiger partial charge in [0.1, 0.15) is 0 Å². The number of ether oxygens (including phenoxy) is 1. The predicted molar refractivity (Wildman–Crippen MR) is 89.2 cm³/mol. The van der Waals surface area contributed by atoms with Gasteiger partial charge in [-0.3, -0.25) is 4.79 Å². The summed E-state index contributed by atoms with van der Waals surface area (Å²) >= 11 is 0. The van der Waals surface area contributed by atoms with E-state index in [-0.39, 0.29) is 23.5 Å². The van der Waals surface area contributed by atoms with Crippen LogP contribution in [0.4, 0.5) is 0 Å². The minimum absolute atomic E-state index is 0.141. The SMILES string of the molecule is COCC(NC(=O)c1ccccc1-c1nc(C(C)(C)C)no1)C(=O)O. The van der Waals surface area contributed by atoms with Gasteiger partial charge in [-0.1, -0.05) is 38.1 Å². The van der Waals surface area contributed by atoms with Gasteiger partial charge in [-0.05, 0) is 12.1 Å². The lowest BCUT2D eigenvalue weighted by Gasteiger charge is -2.14. The number of benzene rings is 1. The number of nitrogens with one attached hydrogen (secondary N) is 1. The monoisotopic (exact) mass is 347 g/mol. The molecule has 1 atom stereocenters. The van der Waals surface area contributed by atoms with E-state index >= 15 is 0 Å². The van der Waals surface area contributed by atoms with E-state index in [1.165, 1.54) is 7.11 Å². The average molecular weight is 347 g/mol. The molecule has 1 unspecified atom stereocenters. The van der Waals surface area contributed by atoms with Gasteiger partial charge in [0.25, 0.3) is 11.8 Å². The maximum atomic E-state index is 12.5. The Hall–Kier alpha value is -2.74. The highest BCUT2D eigenvalue weighted by molar-refractivity contribution is 6.01. The van der Waals surface area contributed by atoms with Crippen molar-refractivity contribution in [3.63, 3.8) is 0 Å². The summed E-state index contributed by atoms with van der Waals surface area (Å²) in [4.78, 5) is 28.0. The first-order valence-corrected chi connectivity index (χ1v) is 7.70. The third-order valence-corrected chi connectivity index (χ3v) is 3.44. The van der Waals surface area contributed by atoms with E-state index in [2.05, 4.69) is 15.5 Å². The summed E-state index contributed by atoms with van der Waals surface area (Å²) in [6, 6.07) is 5.49. The zero-order valence-electron chi connectivity index (χ0n) is 14.6. The molecule has 2 N–H and O–H groups in total. The van der Waals surface area contributed by atoms with Crippen LogP contribution in [0.15, 0.2) is 28.8 Å². The summed E-state index contributed by atoms with van der Waals surface area (Å²) in [5, 5.41) is 15.5. The third-order valence-electron chi connectivity index (χ3n) is 3.44. The molecule has 1 heterocycles. The molecule has 8 nitrogen and oxygen atoms in total. The molecular weight excluding hydrogens is 326 g/mol. The van der Waals surface area contributed by atoms with E-state index in [9.17, 15) is 9.59 Å². The zero-order chi connectivity index (χ0) is 18.6. The molecule has 0 fully saturated rings. The van der Waals surface area contributed by atoms with E-state index in [0.29, 0.717) is 11.4 Å². The highest BCUT2D eigenvalue weighted by atomic mass is 16.5. The van der Waals surface area contributed by atoms with Gasteiger partial charge < -0.3 is 19.7 Å². The average Bonchev–Trinajstić information content (AvgIpc) is 3.04. The first-order chi connectivity index (χ1) is 11.7. The lowest BCUT2D eigenvalue weighted by molar-refractivity contribution is -0.140. The maximum absolute atomic E-state index is 12.5. The smallest absolute Gasteiger partial charge is 0.328 e. The van der Waals surface area contributed by atoms with Crippen LogP contribution in [-0.2, 0) is 14.9 Å². The number of aliphatic carboxylic acids is 1. The molecule has 1 aromatic carbocycles. The first-order valence-electron chi connectivity index (χ1n) is 7.70. The number of amides is 1. The first kappa shape index (κ1) is 18.6. The quantitative estimate of drug-likeness (QED) is 0.819. The Kier molecular flexibility index (Phi) is 5.53. The van der Waals surface area contributed by atoms with Crippen molar-refractivity contribution in [2.24, 2.45) is 0 Å². The van der Waals surface area contributed by atoms with Crippen LogP contribution in [-0.4, -0.2) is 46.9 Å². The van der Waals surface area contributed by atoms with E-state index < -0.39 is 17.9 Å². The molecule has 8 heteroatoms. The molecule has 1 aromatic heterocycles. The Labute approximate surface area is 145 Å². The predicted octanol–water partition coefficient (Wildman–Crippen LogP) is 1.86. The van der Waals surface area contributed by atoms with Crippen molar-refractivity contribution in [1.29, 1.82) is 0 Å². The van der Waals surface area contributed by atoms with Gasteiger partial charge in [-0.2, -0.15) is 4.98 Å². The van der Waals surface area contributed by atoms with E-state index in [1.807, 2.05) is 20.8 Å². The number of rotatable bonds is 6. The van der Waals surface area contributed by atoms with Gasteiger partial charge in [0.2, 0.25) is 0 Å². The standard InChI is InChI=1S/C17H21N3O5/c1-17(2,3)16-19-14(25-20-16)11-8-6-5-7-10(11)13(21)18-12(9-24-4)15(22)23/h5-8,12H,9H2,1-4H3,(H,18,21)(H,22,23). The summed E-state index contributed by atoms with van der Waals surface area (Å²) in [6.45, 7) is 5.70. The van der Waals surface area contributed by atoms with Crippen molar-refractivity contribution in [3.05, 3.63) is 35.7 Å². The Morgan fingerprint density at radius 1 is 1.32 bits per heavy atom. The minimum atomic E-state index is -1.18. The van der Waals surface area contributed by atoms with Crippen molar-refractivity contribution in [3.8, 4) is 11.5 Å². The molecule has 2 rings (SSSR count). The molecule has 0 aliphatic heterocycles. The van der Waals surface area contributed by atoms with Crippen LogP contribution in [0.1, 0.15) is 37.0 Å². The van der Waals surface area contributed by atoms with Crippen molar-refractivity contribution < 1.29 is 24.0 Å². The highest BCUT2D eigenvalue weighted by Gasteiger charge is 2.25. The van der Waals surface area contributed by atoms with Crippen molar-refractivity contribution in [2.45, 2.75) is 32.2 Å². The largest absolute Gasteiger partial charge is 0.480 e. The van der Waals surface area contributed by atoms with Crippen molar-refractivity contribution in [2.75, 3.05) is 13.7 Å². The molecule has 2 aromatic rings. The summed E-state index contributed by atoms with van der Waals surface area (Å²) in [6.07, 6.45) is 0. The van der Waals surface area contributed by atoms with Gasteiger partial charge in [-0.25, -0.2) is 4.79 Å². The number of hydrogen-bond donors (Lipinski definition) is 2. The Morgan fingerprint density at radius 3 is 2.56 bits per heavy atom. The molecule has 0 spiro atoms. The fourth-order valence-corrected chi connectivity index (χ4v) is 2.08. The molecule has 0 bridgehead atoms. The normalized spacial score (nSPS) is 12.6.